The lowest BCUT2D eigenvalue weighted by Gasteiger charge is -2.01. The summed E-state index contributed by atoms with van der Waals surface area (Å²) >= 11 is 1.69. The summed E-state index contributed by atoms with van der Waals surface area (Å²) in [5.41, 5.74) is 6.48. The molecule has 0 aliphatic heterocycles. The van der Waals surface area contributed by atoms with Crippen LogP contribution in [0.4, 0.5) is 5.82 Å². The fourth-order valence-electron chi connectivity index (χ4n) is 1.21. The smallest absolute Gasteiger partial charge is 0.147 e. The van der Waals surface area contributed by atoms with Crippen molar-refractivity contribution in [2.45, 2.75) is 19.8 Å². The van der Waals surface area contributed by atoms with Crippen molar-refractivity contribution in [3.05, 3.63) is 23.9 Å². The van der Waals surface area contributed by atoms with E-state index < -0.39 is 0 Å². The van der Waals surface area contributed by atoms with Crippen LogP contribution in [0.15, 0.2) is 18.3 Å². The number of ketones is 1. The normalized spacial score (nSPS) is 10.2. The lowest BCUT2D eigenvalue weighted by molar-refractivity contribution is -0.115. The molecule has 1 aromatic rings. The van der Waals surface area contributed by atoms with Crippen LogP contribution in [0.2, 0.25) is 0 Å². The standard InChI is InChI=1S/C11H16N2OS/c1-2-5-15-8-10(14)6-9-3-4-13-11(12)7-9/h3-4,7H,2,5-6,8H2,1H3,(H2,12,13). The van der Waals surface area contributed by atoms with Gasteiger partial charge in [0.25, 0.3) is 0 Å². The third-order valence-corrected chi connectivity index (χ3v) is 3.08. The van der Waals surface area contributed by atoms with Crippen molar-refractivity contribution in [2.75, 3.05) is 17.2 Å². The fraction of sp³-hybridized carbons (Fsp3) is 0.455. The molecule has 0 radical (unpaired) electrons. The van der Waals surface area contributed by atoms with Crippen molar-refractivity contribution in [3.63, 3.8) is 0 Å². The molecule has 1 rings (SSSR count). The Hall–Kier alpha value is -1.03. The second-order valence-corrected chi connectivity index (χ2v) is 4.46. The maximum Gasteiger partial charge on any atom is 0.147 e. The van der Waals surface area contributed by atoms with Gasteiger partial charge in [0.15, 0.2) is 0 Å². The zero-order chi connectivity index (χ0) is 11.1. The molecule has 0 aliphatic carbocycles. The van der Waals surface area contributed by atoms with Gasteiger partial charge < -0.3 is 5.73 Å². The molecule has 0 spiro atoms. The number of Topliss-reactive ketones (excluding diaryl/α,β-unsaturated/α-hetero) is 1. The van der Waals surface area contributed by atoms with E-state index in [0.717, 1.165) is 17.7 Å². The number of nitrogen functional groups attached to an aromatic ring is 1. The van der Waals surface area contributed by atoms with Crippen LogP contribution in [-0.2, 0) is 11.2 Å². The number of aromatic nitrogens is 1. The molecular weight excluding hydrogens is 208 g/mol. The molecule has 0 saturated carbocycles. The average Bonchev–Trinajstić information content (AvgIpc) is 2.18. The van der Waals surface area contributed by atoms with Gasteiger partial charge in [0.05, 0.1) is 5.75 Å². The first-order valence-electron chi connectivity index (χ1n) is 5.02. The lowest BCUT2D eigenvalue weighted by Crippen LogP contribution is -2.06. The van der Waals surface area contributed by atoms with Gasteiger partial charge in [-0.05, 0) is 29.9 Å². The molecule has 0 amide bonds. The molecule has 4 heteroatoms. The van der Waals surface area contributed by atoms with Crippen molar-refractivity contribution in [1.29, 1.82) is 0 Å². The van der Waals surface area contributed by atoms with Crippen LogP contribution in [0.5, 0.6) is 0 Å². The Kier molecular flexibility index (Phi) is 5.18. The SMILES string of the molecule is CCCSCC(=O)Cc1ccnc(N)c1. The molecule has 82 valence electrons. The van der Waals surface area contributed by atoms with Crippen LogP contribution in [0.1, 0.15) is 18.9 Å². The summed E-state index contributed by atoms with van der Waals surface area (Å²) in [4.78, 5) is 15.4. The third kappa shape index (κ3) is 4.83. The maximum atomic E-state index is 11.5. The lowest BCUT2D eigenvalue weighted by atomic mass is 10.1. The molecule has 0 unspecified atom stereocenters. The van der Waals surface area contributed by atoms with Crippen molar-refractivity contribution >= 4 is 23.4 Å². The van der Waals surface area contributed by atoms with Gasteiger partial charge in [0, 0.05) is 12.6 Å². The summed E-state index contributed by atoms with van der Waals surface area (Å²) in [6.45, 7) is 2.11. The number of carbonyl (C=O) groups is 1. The second-order valence-electron chi connectivity index (χ2n) is 3.36. The Morgan fingerprint density at radius 2 is 2.40 bits per heavy atom. The quantitative estimate of drug-likeness (QED) is 0.750. The van der Waals surface area contributed by atoms with Crippen molar-refractivity contribution < 1.29 is 4.79 Å². The van der Waals surface area contributed by atoms with Gasteiger partial charge in [-0.25, -0.2) is 4.98 Å². The molecule has 0 aromatic carbocycles. The minimum atomic E-state index is 0.249. The van der Waals surface area contributed by atoms with Crippen LogP contribution in [-0.4, -0.2) is 22.3 Å². The number of anilines is 1. The number of nitrogens with two attached hydrogens (primary N) is 1. The highest BCUT2D eigenvalue weighted by molar-refractivity contribution is 7.99. The van der Waals surface area contributed by atoms with Crippen LogP contribution in [0, 0.1) is 0 Å². The van der Waals surface area contributed by atoms with Crippen LogP contribution >= 0.6 is 11.8 Å². The number of thioether (sulfide) groups is 1. The maximum absolute atomic E-state index is 11.5. The third-order valence-electron chi connectivity index (χ3n) is 1.86. The van der Waals surface area contributed by atoms with E-state index >= 15 is 0 Å². The number of rotatable bonds is 6. The van der Waals surface area contributed by atoms with Crippen LogP contribution in [0.25, 0.3) is 0 Å². The summed E-state index contributed by atoms with van der Waals surface area (Å²) in [7, 11) is 0. The molecule has 15 heavy (non-hydrogen) atoms. The van der Waals surface area contributed by atoms with Crippen LogP contribution in [0.3, 0.4) is 0 Å². The molecule has 0 bridgehead atoms. The number of pyridine rings is 1. The summed E-state index contributed by atoms with van der Waals surface area (Å²) in [6, 6.07) is 3.58. The Labute approximate surface area is 94.5 Å². The highest BCUT2D eigenvalue weighted by Gasteiger charge is 2.03. The summed E-state index contributed by atoms with van der Waals surface area (Å²) < 4.78 is 0. The Balaban J connectivity index is 2.37. The topological polar surface area (TPSA) is 56.0 Å². The number of hydrogen-bond donors (Lipinski definition) is 1. The molecule has 2 N–H and O–H groups in total. The van der Waals surface area contributed by atoms with E-state index in [0.29, 0.717) is 18.0 Å². The zero-order valence-corrected chi connectivity index (χ0v) is 9.72. The van der Waals surface area contributed by atoms with Crippen molar-refractivity contribution in [2.24, 2.45) is 0 Å². The highest BCUT2D eigenvalue weighted by Crippen LogP contribution is 2.08. The van der Waals surface area contributed by atoms with Crippen molar-refractivity contribution in [3.8, 4) is 0 Å². The van der Waals surface area contributed by atoms with E-state index in [9.17, 15) is 4.79 Å². The molecule has 3 nitrogen and oxygen atoms in total. The predicted molar refractivity (Wildman–Crippen MR) is 65.0 cm³/mol. The number of hydrogen-bond acceptors (Lipinski definition) is 4. The van der Waals surface area contributed by atoms with Gasteiger partial charge in [0.1, 0.15) is 11.6 Å². The Bertz CT molecular complexity index is 328. The van der Waals surface area contributed by atoms with E-state index in [2.05, 4.69) is 11.9 Å². The van der Waals surface area contributed by atoms with E-state index in [-0.39, 0.29) is 5.78 Å². The van der Waals surface area contributed by atoms with E-state index in [1.54, 1.807) is 24.0 Å². The monoisotopic (exact) mass is 224 g/mol. The first-order chi connectivity index (χ1) is 7.22. The average molecular weight is 224 g/mol. The number of nitrogens with zero attached hydrogens (tertiary/aromatic N) is 1. The molecule has 0 fully saturated rings. The molecule has 0 saturated heterocycles. The minimum absolute atomic E-state index is 0.249. The van der Waals surface area contributed by atoms with E-state index in [4.69, 9.17) is 5.73 Å². The van der Waals surface area contributed by atoms with Gasteiger partial charge in [0.2, 0.25) is 0 Å². The van der Waals surface area contributed by atoms with Gasteiger partial charge >= 0.3 is 0 Å². The minimum Gasteiger partial charge on any atom is -0.384 e. The van der Waals surface area contributed by atoms with Gasteiger partial charge in [-0.15, -0.1) is 0 Å². The Morgan fingerprint density at radius 1 is 1.60 bits per heavy atom. The summed E-state index contributed by atoms with van der Waals surface area (Å²) in [6.07, 6.45) is 3.21. The molecule has 0 atom stereocenters. The fourth-order valence-corrected chi connectivity index (χ4v) is 1.98. The first kappa shape index (κ1) is 12.0. The Morgan fingerprint density at radius 3 is 3.07 bits per heavy atom. The predicted octanol–water partition coefficient (Wildman–Crippen LogP) is 1.92. The zero-order valence-electron chi connectivity index (χ0n) is 8.90. The highest BCUT2D eigenvalue weighted by atomic mass is 32.2. The van der Waals surface area contributed by atoms with Crippen molar-refractivity contribution in [1.82, 2.24) is 4.98 Å². The van der Waals surface area contributed by atoms with Gasteiger partial charge in [-0.3, -0.25) is 4.79 Å². The molecule has 0 aliphatic rings. The summed E-state index contributed by atoms with van der Waals surface area (Å²) in [5.74, 6) is 2.36. The largest absolute Gasteiger partial charge is 0.384 e. The van der Waals surface area contributed by atoms with E-state index in [1.807, 2.05) is 6.07 Å². The van der Waals surface area contributed by atoms with E-state index in [1.165, 1.54) is 0 Å². The molecule has 1 heterocycles. The second kappa shape index (κ2) is 6.45. The van der Waals surface area contributed by atoms with Gasteiger partial charge in [-0.2, -0.15) is 11.8 Å². The van der Waals surface area contributed by atoms with Gasteiger partial charge in [-0.1, -0.05) is 6.92 Å². The van der Waals surface area contributed by atoms with Crippen LogP contribution < -0.4 is 5.73 Å². The number of carbonyl (C=O) groups excluding carboxylic acids is 1. The summed E-state index contributed by atoms with van der Waals surface area (Å²) in [5, 5.41) is 0. The molecular formula is C11H16N2OS. The first-order valence-corrected chi connectivity index (χ1v) is 6.17. The molecule has 1 aromatic heterocycles.